The summed E-state index contributed by atoms with van der Waals surface area (Å²) in [6.45, 7) is 0. The average molecular weight is 763 g/mol. The van der Waals surface area contributed by atoms with Gasteiger partial charge in [0.2, 0.25) is 0 Å². The standard InChI is InChI=1S/C56H34N4/c1-3-15-39-35(13-1)29-31-57-55(39)53-45-27-25-38(60-51-23-11-7-19-43(51)44-20-8-12-24-52(44)60)34-48(45)54(56-40-16-4-2-14-36(40)30-32-58-56)46-28-26-37(33-47(46)53)59-49-21-9-5-17-41(49)42-18-6-10-22-50(42)59/h1-34H. The molecule has 0 radical (unpaired) electrons. The van der Waals surface area contributed by atoms with Gasteiger partial charge in [-0.05, 0) is 93.0 Å². The predicted octanol–water partition coefficient (Wildman–Crippen LogP) is 14.6. The van der Waals surface area contributed by atoms with Crippen LogP contribution < -0.4 is 0 Å². The molecular weight excluding hydrogens is 729 g/mol. The zero-order valence-corrected chi connectivity index (χ0v) is 32.4. The summed E-state index contributed by atoms with van der Waals surface area (Å²) in [5.41, 5.74) is 11.0. The number of hydrogen-bond acceptors (Lipinski definition) is 2. The minimum Gasteiger partial charge on any atom is -0.309 e. The fraction of sp³-hybridized carbons (Fsp3) is 0. The SMILES string of the molecule is c1ccc2c(-c3c4ccc(-n5c6ccccc6c6ccccc65)cc4c(-c4nccc5ccccc45)c4ccc(-n5c6ccccc6c6ccccc65)cc34)nccc2c1. The smallest absolute Gasteiger partial charge is 0.0792 e. The van der Waals surface area contributed by atoms with Crippen LogP contribution in [0.2, 0.25) is 0 Å². The molecule has 0 saturated heterocycles. The van der Waals surface area contributed by atoms with E-state index in [9.17, 15) is 0 Å². The van der Waals surface area contributed by atoms with Crippen LogP contribution in [-0.2, 0) is 0 Å². The largest absolute Gasteiger partial charge is 0.309 e. The maximum absolute atomic E-state index is 5.25. The highest BCUT2D eigenvalue weighted by Gasteiger charge is 2.23. The van der Waals surface area contributed by atoms with Crippen molar-refractivity contribution < 1.29 is 0 Å². The lowest BCUT2D eigenvalue weighted by Gasteiger charge is -2.21. The maximum atomic E-state index is 5.25. The van der Waals surface area contributed by atoms with Gasteiger partial charge in [-0.25, -0.2) is 0 Å². The van der Waals surface area contributed by atoms with Crippen LogP contribution in [0.3, 0.4) is 0 Å². The number of benzene rings is 9. The molecule has 0 atom stereocenters. The first-order valence-electron chi connectivity index (χ1n) is 20.5. The Morgan fingerprint density at radius 2 is 0.600 bits per heavy atom. The molecule has 0 spiro atoms. The Morgan fingerprint density at radius 1 is 0.267 bits per heavy atom. The quantitative estimate of drug-likeness (QED) is 0.167. The summed E-state index contributed by atoms with van der Waals surface area (Å²) in [7, 11) is 0. The van der Waals surface area contributed by atoms with Crippen LogP contribution >= 0.6 is 0 Å². The maximum Gasteiger partial charge on any atom is 0.0792 e. The van der Waals surface area contributed by atoms with E-state index in [0.717, 1.165) is 77.0 Å². The second-order valence-electron chi connectivity index (χ2n) is 15.7. The summed E-state index contributed by atoms with van der Waals surface area (Å²) >= 11 is 0. The van der Waals surface area contributed by atoms with Gasteiger partial charge in [0.05, 0.1) is 33.5 Å². The molecule has 4 heterocycles. The van der Waals surface area contributed by atoms with Crippen LogP contribution in [-0.4, -0.2) is 19.1 Å². The topological polar surface area (TPSA) is 35.6 Å². The van der Waals surface area contributed by atoms with E-state index in [4.69, 9.17) is 9.97 Å². The summed E-state index contributed by atoms with van der Waals surface area (Å²) in [6.07, 6.45) is 3.91. The fourth-order valence-corrected chi connectivity index (χ4v) is 10.0. The molecule has 13 rings (SSSR count). The first kappa shape index (κ1) is 32.9. The van der Waals surface area contributed by atoms with Crippen molar-refractivity contribution in [3.63, 3.8) is 0 Å². The second-order valence-corrected chi connectivity index (χ2v) is 15.7. The minimum atomic E-state index is 0.963. The molecule has 0 fully saturated rings. The molecule has 4 heteroatoms. The van der Waals surface area contributed by atoms with Gasteiger partial charge in [0.1, 0.15) is 0 Å². The molecule has 278 valence electrons. The van der Waals surface area contributed by atoms with Crippen molar-refractivity contribution in [1.29, 1.82) is 0 Å². The molecule has 0 N–H and O–H groups in total. The Balaban J connectivity index is 1.23. The Kier molecular flexibility index (Phi) is 6.98. The molecule has 4 aromatic heterocycles. The van der Waals surface area contributed by atoms with Crippen molar-refractivity contribution in [2.45, 2.75) is 0 Å². The summed E-state index contributed by atoms with van der Waals surface area (Å²) in [5, 5.41) is 14.0. The van der Waals surface area contributed by atoms with Crippen molar-refractivity contribution in [3.05, 3.63) is 207 Å². The normalized spacial score (nSPS) is 12.0. The van der Waals surface area contributed by atoms with Crippen LogP contribution in [0.1, 0.15) is 0 Å². The highest BCUT2D eigenvalue weighted by atomic mass is 15.0. The van der Waals surface area contributed by atoms with E-state index in [1.54, 1.807) is 0 Å². The van der Waals surface area contributed by atoms with Crippen LogP contribution in [0.15, 0.2) is 207 Å². The number of fused-ring (bicyclic) bond motifs is 10. The van der Waals surface area contributed by atoms with Gasteiger partial charge in [-0.1, -0.05) is 133 Å². The zero-order valence-electron chi connectivity index (χ0n) is 32.4. The summed E-state index contributed by atoms with van der Waals surface area (Å²) in [5.74, 6) is 0. The van der Waals surface area contributed by atoms with Crippen molar-refractivity contribution in [2.75, 3.05) is 0 Å². The third-order valence-electron chi connectivity index (χ3n) is 12.6. The van der Waals surface area contributed by atoms with Gasteiger partial charge in [0.15, 0.2) is 0 Å². The fourth-order valence-electron chi connectivity index (χ4n) is 10.0. The number of para-hydroxylation sites is 4. The van der Waals surface area contributed by atoms with E-state index >= 15 is 0 Å². The van der Waals surface area contributed by atoms with E-state index < -0.39 is 0 Å². The highest BCUT2D eigenvalue weighted by molar-refractivity contribution is 6.25. The van der Waals surface area contributed by atoms with E-state index in [-0.39, 0.29) is 0 Å². The van der Waals surface area contributed by atoms with Gasteiger partial charge < -0.3 is 9.13 Å². The minimum absolute atomic E-state index is 0.963. The Hall–Kier alpha value is -8.08. The molecule has 13 aromatic rings. The van der Waals surface area contributed by atoms with Crippen LogP contribution in [0.5, 0.6) is 0 Å². The molecule has 0 aliphatic carbocycles. The molecule has 60 heavy (non-hydrogen) atoms. The van der Waals surface area contributed by atoms with Gasteiger partial charge in [-0.3, -0.25) is 9.97 Å². The van der Waals surface area contributed by atoms with E-state index in [1.807, 2.05) is 12.4 Å². The lowest BCUT2D eigenvalue weighted by Crippen LogP contribution is -1.99. The van der Waals surface area contributed by atoms with Gasteiger partial charge in [-0.2, -0.15) is 0 Å². The van der Waals surface area contributed by atoms with E-state index in [0.29, 0.717) is 0 Å². The average Bonchev–Trinajstić information content (AvgIpc) is 3.83. The predicted molar refractivity (Wildman–Crippen MR) is 252 cm³/mol. The molecule has 0 unspecified atom stereocenters. The molecule has 9 aromatic carbocycles. The van der Waals surface area contributed by atoms with Crippen LogP contribution in [0.25, 0.3) is 121 Å². The molecule has 0 saturated carbocycles. The summed E-state index contributed by atoms with van der Waals surface area (Å²) < 4.78 is 4.83. The lowest BCUT2D eigenvalue weighted by atomic mass is 9.86. The molecular formula is C56H34N4. The Morgan fingerprint density at radius 3 is 0.983 bits per heavy atom. The lowest BCUT2D eigenvalue weighted by molar-refractivity contribution is 1.18. The number of hydrogen-bond donors (Lipinski definition) is 0. The van der Waals surface area contributed by atoms with Crippen molar-refractivity contribution >= 4 is 86.7 Å². The number of nitrogens with zero attached hydrogens (tertiary/aromatic N) is 4. The van der Waals surface area contributed by atoms with Crippen LogP contribution in [0.4, 0.5) is 0 Å². The first-order chi connectivity index (χ1) is 29.8. The van der Waals surface area contributed by atoms with Crippen molar-refractivity contribution in [2.24, 2.45) is 0 Å². The summed E-state index contributed by atoms with van der Waals surface area (Å²) in [4.78, 5) is 10.5. The first-order valence-corrected chi connectivity index (χ1v) is 20.5. The Bertz CT molecular complexity index is 3530. The monoisotopic (exact) mass is 762 g/mol. The van der Waals surface area contributed by atoms with Crippen molar-refractivity contribution in [3.8, 4) is 33.9 Å². The van der Waals surface area contributed by atoms with Crippen molar-refractivity contribution in [1.82, 2.24) is 19.1 Å². The third kappa shape index (κ3) is 4.67. The molecule has 0 aliphatic rings. The molecule has 0 amide bonds. The Labute approximate surface area is 344 Å². The molecule has 0 aliphatic heterocycles. The third-order valence-corrected chi connectivity index (χ3v) is 12.6. The number of aromatic nitrogens is 4. The van der Waals surface area contributed by atoms with E-state index in [1.165, 1.54) is 43.6 Å². The second kappa shape index (κ2) is 12.7. The van der Waals surface area contributed by atoms with Gasteiger partial charge in [-0.15, -0.1) is 0 Å². The van der Waals surface area contributed by atoms with E-state index in [2.05, 4.69) is 203 Å². The highest BCUT2D eigenvalue weighted by Crippen LogP contribution is 2.47. The van der Waals surface area contributed by atoms with Gasteiger partial charge in [0, 0.05) is 67.2 Å². The summed E-state index contributed by atoms with van der Waals surface area (Å²) in [6, 6.07) is 70.4. The van der Waals surface area contributed by atoms with Crippen LogP contribution in [0, 0.1) is 0 Å². The van der Waals surface area contributed by atoms with Gasteiger partial charge in [0.25, 0.3) is 0 Å². The molecule has 4 nitrogen and oxygen atoms in total. The molecule has 0 bridgehead atoms. The van der Waals surface area contributed by atoms with Gasteiger partial charge >= 0.3 is 0 Å². The zero-order chi connectivity index (χ0) is 39.3. The number of rotatable bonds is 4. The number of pyridine rings is 2.